The third-order valence-electron chi connectivity index (χ3n) is 4.92. The molecule has 3 heteroatoms. The van der Waals surface area contributed by atoms with E-state index >= 15 is 0 Å². The maximum absolute atomic E-state index is 12.6. The Bertz CT molecular complexity index is 752. The maximum Gasteiger partial charge on any atom is 0.223 e. The maximum atomic E-state index is 12.6. The number of carbonyl (C=O) groups is 1. The van der Waals surface area contributed by atoms with Crippen LogP contribution in [0.25, 0.3) is 6.08 Å². The van der Waals surface area contributed by atoms with Crippen LogP contribution in [0.5, 0.6) is 0 Å². The molecule has 0 aliphatic heterocycles. The van der Waals surface area contributed by atoms with Gasteiger partial charge < -0.3 is 10.6 Å². The van der Waals surface area contributed by atoms with Crippen molar-refractivity contribution < 1.29 is 4.79 Å². The van der Waals surface area contributed by atoms with Crippen molar-refractivity contribution >= 4 is 17.7 Å². The summed E-state index contributed by atoms with van der Waals surface area (Å²) in [6.07, 6.45) is 7.77. The summed E-state index contributed by atoms with van der Waals surface area (Å²) in [5.74, 6) is 0.193. The van der Waals surface area contributed by atoms with Gasteiger partial charge in [0.1, 0.15) is 0 Å². The molecule has 1 amide bonds. The summed E-state index contributed by atoms with van der Waals surface area (Å²) in [6.45, 7) is 2.56. The second-order valence-corrected chi connectivity index (χ2v) is 6.54. The number of amides is 1. The number of carbonyl (C=O) groups excluding carboxylic acids is 1. The van der Waals surface area contributed by atoms with E-state index in [9.17, 15) is 4.79 Å². The van der Waals surface area contributed by atoms with Crippen LogP contribution in [0.1, 0.15) is 48.9 Å². The van der Waals surface area contributed by atoms with Crippen molar-refractivity contribution in [2.24, 2.45) is 0 Å². The summed E-state index contributed by atoms with van der Waals surface area (Å²) < 4.78 is 0. The van der Waals surface area contributed by atoms with Gasteiger partial charge in [-0.05, 0) is 42.0 Å². The second kappa shape index (κ2) is 8.02. The predicted molar refractivity (Wildman–Crippen MR) is 104 cm³/mol. The van der Waals surface area contributed by atoms with Gasteiger partial charge >= 0.3 is 0 Å². The summed E-state index contributed by atoms with van der Waals surface area (Å²) in [4.78, 5) is 14.6. The van der Waals surface area contributed by atoms with E-state index in [1.165, 1.54) is 11.1 Å². The fraction of sp³-hybridized carbons (Fsp3) is 0.318. The molecule has 2 aromatic carbocycles. The van der Waals surface area contributed by atoms with Crippen LogP contribution in [0.15, 0.2) is 54.6 Å². The van der Waals surface area contributed by atoms with E-state index in [1.807, 2.05) is 42.2 Å². The van der Waals surface area contributed by atoms with E-state index in [0.29, 0.717) is 13.0 Å². The first-order valence-corrected chi connectivity index (χ1v) is 9.09. The minimum absolute atomic E-state index is 0.125. The molecule has 0 aromatic heterocycles. The van der Waals surface area contributed by atoms with Gasteiger partial charge in [0.2, 0.25) is 5.91 Å². The van der Waals surface area contributed by atoms with Crippen LogP contribution >= 0.6 is 0 Å². The fourth-order valence-electron chi connectivity index (χ4n) is 3.65. The van der Waals surface area contributed by atoms with Crippen LogP contribution in [-0.4, -0.2) is 17.4 Å². The number of rotatable bonds is 5. The van der Waals surface area contributed by atoms with Gasteiger partial charge in [0.05, 0.1) is 6.04 Å². The fourth-order valence-corrected chi connectivity index (χ4v) is 3.65. The van der Waals surface area contributed by atoms with E-state index in [2.05, 4.69) is 30.4 Å². The minimum Gasteiger partial charge on any atom is -0.398 e. The zero-order chi connectivity index (χ0) is 17.6. The molecule has 0 spiro atoms. The summed E-state index contributed by atoms with van der Waals surface area (Å²) >= 11 is 0. The lowest BCUT2D eigenvalue weighted by molar-refractivity contribution is -0.133. The van der Waals surface area contributed by atoms with Crippen LogP contribution in [0.4, 0.5) is 5.69 Å². The standard InChI is InChI=1S/C22H26N2O/c1-2-22(25)24(16-8-11-17-9-4-3-5-10-17)21-15-7-12-18-19(21)13-6-14-20(18)23/h3-6,8-11,13-14,21H,2,7,12,15-16,23H2,1H3/b11-8-. The third kappa shape index (κ3) is 3.93. The summed E-state index contributed by atoms with van der Waals surface area (Å²) in [5, 5.41) is 0. The van der Waals surface area contributed by atoms with Crippen molar-refractivity contribution in [3.63, 3.8) is 0 Å². The van der Waals surface area contributed by atoms with E-state index < -0.39 is 0 Å². The number of benzene rings is 2. The van der Waals surface area contributed by atoms with Crippen LogP contribution in [-0.2, 0) is 11.2 Å². The number of nitrogens with two attached hydrogens (primary N) is 1. The van der Waals surface area contributed by atoms with Crippen molar-refractivity contribution in [3.8, 4) is 0 Å². The minimum atomic E-state index is 0.125. The zero-order valence-corrected chi connectivity index (χ0v) is 14.8. The summed E-state index contributed by atoms with van der Waals surface area (Å²) in [5.41, 5.74) is 10.6. The molecule has 1 aliphatic carbocycles. The molecule has 0 saturated carbocycles. The first kappa shape index (κ1) is 17.3. The van der Waals surface area contributed by atoms with Gasteiger partial charge in [-0.25, -0.2) is 0 Å². The van der Waals surface area contributed by atoms with Crippen LogP contribution < -0.4 is 5.73 Å². The summed E-state index contributed by atoms with van der Waals surface area (Å²) in [6, 6.07) is 16.4. The highest BCUT2D eigenvalue weighted by Crippen LogP contribution is 2.37. The molecular weight excluding hydrogens is 308 g/mol. The Morgan fingerprint density at radius 3 is 2.76 bits per heavy atom. The third-order valence-corrected chi connectivity index (χ3v) is 4.92. The van der Waals surface area contributed by atoms with Gasteiger partial charge in [-0.15, -0.1) is 0 Å². The van der Waals surface area contributed by atoms with Crippen molar-refractivity contribution in [3.05, 3.63) is 71.3 Å². The first-order valence-electron chi connectivity index (χ1n) is 9.09. The normalized spacial score (nSPS) is 16.6. The Morgan fingerprint density at radius 1 is 1.20 bits per heavy atom. The Morgan fingerprint density at radius 2 is 2.00 bits per heavy atom. The van der Waals surface area contributed by atoms with Crippen LogP contribution in [0.3, 0.4) is 0 Å². The molecule has 2 N–H and O–H groups in total. The molecule has 3 nitrogen and oxygen atoms in total. The zero-order valence-electron chi connectivity index (χ0n) is 14.8. The molecule has 0 saturated heterocycles. The van der Waals surface area contributed by atoms with Gasteiger partial charge in [-0.3, -0.25) is 4.79 Å². The Balaban J connectivity index is 1.84. The number of nitrogen functional groups attached to an aromatic ring is 1. The van der Waals surface area contributed by atoms with Crippen LogP contribution in [0.2, 0.25) is 0 Å². The van der Waals surface area contributed by atoms with Crippen molar-refractivity contribution in [2.75, 3.05) is 12.3 Å². The lowest BCUT2D eigenvalue weighted by atomic mass is 9.85. The Hall–Kier alpha value is -2.55. The molecule has 1 atom stereocenters. The van der Waals surface area contributed by atoms with E-state index in [0.717, 1.165) is 30.5 Å². The number of nitrogens with zero attached hydrogens (tertiary/aromatic N) is 1. The molecule has 0 fully saturated rings. The average molecular weight is 334 g/mol. The molecule has 0 bridgehead atoms. The monoisotopic (exact) mass is 334 g/mol. The lowest BCUT2D eigenvalue weighted by Gasteiger charge is -2.36. The van der Waals surface area contributed by atoms with E-state index in [4.69, 9.17) is 5.73 Å². The molecule has 1 aliphatic rings. The van der Waals surface area contributed by atoms with Gasteiger partial charge in [0.25, 0.3) is 0 Å². The molecule has 130 valence electrons. The number of fused-ring (bicyclic) bond motifs is 1. The largest absolute Gasteiger partial charge is 0.398 e. The predicted octanol–water partition coefficient (Wildman–Crippen LogP) is 4.60. The molecular formula is C22H26N2O. The van der Waals surface area contributed by atoms with Crippen molar-refractivity contribution in [1.29, 1.82) is 0 Å². The second-order valence-electron chi connectivity index (χ2n) is 6.54. The van der Waals surface area contributed by atoms with Gasteiger partial charge in [-0.1, -0.05) is 61.5 Å². The topological polar surface area (TPSA) is 46.3 Å². The molecule has 3 rings (SSSR count). The highest BCUT2D eigenvalue weighted by Gasteiger charge is 2.28. The Kier molecular flexibility index (Phi) is 5.54. The van der Waals surface area contributed by atoms with E-state index in [1.54, 1.807) is 0 Å². The van der Waals surface area contributed by atoms with Gasteiger partial charge in [-0.2, -0.15) is 0 Å². The highest BCUT2D eigenvalue weighted by atomic mass is 16.2. The molecule has 25 heavy (non-hydrogen) atoms. The van der Waals surface area contributed by atoms with Gasteiger partial charge in [0.15, 0.2) is 0 Å². The van der Waals surface area contributed by atoms with Crippen molar-refractivity contribution in [2.45, 2.75) is 38.6 Å². The SMILES string of the molecule is CCC(=O)N(C/C=C\c1ccccc1)C1CCCc2c(N)cccc21. The van der Waals surface area contributed by atoms with Crippen molar-refractivity contribution in [1.82, 2.24) is 4.90 Å². The lowest BCUT2D eigenvalue weighted by Crippen LogP contribution is -2.36. The molecule has 1 unspecified atom stereocenters. The summed E-state index contributed by atoms with van der Waals surface area (Å²) in [7, 11) is 0. The first-order chi connectivity index (χ1) is 12.2. The Labute approximate surface area is 150 Å². The number of hydrogen-bond donors (Lipinski definition) is 1. The average Bonchev–Trinajstić information content (AvgIpc) is 2.66. The number of anilines is 1. The molecule has 0 radical (unpaired) electrons. The smallest absolute Gasteiger partial charge is 0.223 e. The highest BCUT2D eigenvalue weighted by molar-refractivity contribution is 5.77. The molecule has 2 aromatic rings. The van der Waals surface area contributed by atoms with E-state index in [-0.39, 0.29) is 11.9 Å². The van der Waals surface area contributed by atoms with Crippen LogP contribution in [0, 0.1) is 0 Å². The number of hydrogen-bond acceptors (Lipinski definition) is 2. The molecule has 0 heterocycles. The quantitative estimate of drug-likeness (QED) is 0.812. The van der Waals surface area contributed by atoms with Gasteiger partial charge in [0, 0.05) is 18.7 Å².